The first-order valence-corrected chi connectivity index (χ1v) is 10.5. The molecular weight excluding hydrogens is 338 g/mol. The fraction of sp³-hybridized carbons (Fsp3) is 0.652. The molecule has 1 aromatic carbocycles. The zero-order valence-corrected chi connectivity index (χ0v) is 16.2. The predicted octanol–water partition coefficient (Wildman–Crippen LogP) is 4.21. The summed E-state index contributed by atoms with van der Waals surface area (Å²) in [6, 6.07) is 9.78. The van der Waals surface area contributed by atoms with Crippen molar-refractivity contribution in [2.75, 3.05) is 6.54 Å². The molecule has 0 aliphatic heterocycles. The Morgan fingerprint density at radius 2 is 1.63 bits per heavy atom. The molecule has 4 aliphatic carbocycles. The normalized spacial score (nSPS) is 33.4. The Labute approximate surface area is 161 Å². The van der Waals surface area contributed by atoms with Gasteiger partial charge < -0.3 is 10.4 Å². The lowest BCUT2D eigenvalue weighted by molar-refractivity contribution is -0.142. The van der Waals surface area contributed by atoms with Gasteiger partial charge in [0.15, 0.2) is 0 Å². The highest BCUT2D eigenvalue weighted by atomic mass is 16.4. The van der Waals surface area contributed by atoms with Crippen molar-refractivity contribution in [3.8, 4) is 0 Å². The molecule has 2 N–H and O–H groups in total. The minimum absolute atomic E-state index is 0.0931. The first-order chi connectivity index (χ1) is 12.9. The number of rotatable bonds is 7. The van der Waals surface area contributed by atoms with E-state index in [9.17, 15) is 14.7 Å². The van der Waals surface area contributed by atoms with Gasteiger partial charge in [0.1, 0.15) is 0 Å². The predicted molar refractivity (Wildman–Crippen MR) is 104 cm³/mol. The molecule has 4 fully saturated rings. The summed E-state index contributed by atoms with van der Waals surface area (Å²) in [7, 11) is 0. The molecule has 2 atom stereocenters. The van der Waals surface area contributed by atoms with Crippen LogP contribution in [0.15, 0.2) is 30.3 Å². The number of carboxylic acid groups (broad SMARTS) is 1. The van der Waals surface area contributed by atoms with Crippen LogP contribution in [0.2, 0.25) is 0 Å². The van der Waals surface area contributed by atoms with Crippen LogP contribution in [0.5, 0.6) is 0 Å². The highest BCUT2D eigenvalue weighted by molar-refractivity contribution is 5.84. The monoisotopic (exact) mass is 369 g/mol. The lowest BCUT2D eigenvalue weighted by atomic mass is 9.49. The van der Waals surface area contributed by atoms with E-state index in [0.29, 0.717) is 0 Å². The average Bonchev–Trinajstić information content (AvgIpc) is 2.63. The van der Waals surface area contributed by atoms with E-state index < -0.39 is 11.9 Å². The van der Waals surface area contributed by atoms with Gasteiger partial charge in [0.2, 0.25) is 5.91 Å². The molecule has 4 bridgehead atoms. The van der Waals surface area contributed by atoms with Crippen molar-refractivity contribution in [3.05, 3.63) is 35.9 Å². The molecule has 4 aliphatic rings. The van der Waals surface area contributed by atoms with Gasteiger partial charge in [-0.25, -0.2) is 0 Å². The zero-order valence-electron chi connectivity index (χ0n) is 16.2. The number of amides is 1. The molecule has 4 saturated carbocycles. The molecule has 1 amide bonds. The van der Waals surface area contributed by atoms with Gasteiger partial charge in [-0.2, -0.15) is 0 Å². The number of benzene rings is 1. The molecule has 4 heteroatoms. The summed E-state index contributed by atoms with van der Waals surface area (Å²) in [6.45, 7) is 2.69. The van der Waals surface area contributed by atoms with Gasteiger partial charge in [-0.3, -0.25) is 9.59 Å². The van der Waals surface area contributed by atoms with Crippen molar-refractivity contribution in [1.82, 2.24) is 5.32 Å². The fourth-order valence-electron chi connectivity index (χ4n) is 6.59. The van der Waals surface area contributed by atoms with Crippen LogP contribution in [0, 0.1) is 29.1 Å². The number of carboxylic acids is 1. The van der Waals surface area contributed by atoms with E-state index in [4.69, 9.17) is 0 Å². The number of aliphatic carboxylic acids is 1. The Balaban J connectivity index is 1.43. The third-order valence-corrected chi connectivity index (χ3v) is 7.46. The Hall–Kier alpha value is -1.84. The lowest BCUT2D eigenvalue weighted by Gasteiger charge is -2.57. The van der Waals surface area contributed by atoms with E-state index in [-0.39, 0.29) is 23.7 Å². The van der Waals surface area contributed by atoms with Crippen molar-refractivity contribution < 1.29 is 14.7 Å². The Morgan fingerprint density at radius 3 is 2.15 bits per heavy atom. The molecule has 146 valence electrons. The molecule has 1 aromatic rings. The van der Waals surface area contributed by atoms with Crippen molar-refractivity contribution >= 4 is 11.9 Å². The van der Waals surface area contributed by atoms with E-state index >= 15 is 0 Å². The van der Waals surface area contributed by atoms with Gasteiger partial charge in [0, 0.05) is 6.54 Å². The maximum Gasteiger partial charge on any atom is 0.304 e. The molecule has 0 heterocycles. The van der Waals surface area contributed by atoms with E-state index in [2.05, 4.69) is 5.32 Å². The van der Waals surface area contributed by atoms with Gasteiger partial charge in [-0.15, -0.1) is 0 Å². The van der Waals surface area contributed by atoms with Crippen LogP contribution in [0.1, 0.15) is 63.4 Å². The van der Waals surface area contributed by atoms with E-state index in [0.717, 1.165) is 29.9 Å². The molecule has 0 unspecified atom stereocenters. The third kappa shape index (κ3) is 3.90. The second-order valence-electron chi connectivity index (χ2n) is 9.54. The van der Waals surface area contributed by atoms with Gasteiger partial charge in [-0.05, 0) is 73.2 Å². The molecule has 4 nitrogen and oxygen atoms in total. The first-order valence-electron chi connectivity index (χ1n) is 10.5. The quantitative estimate of drug-likeness (QED) is 0.756. The molecule has 27 heavy (non-hydrogen) atoms. The number of nitrogens with one attached hydrogen (secondary N) is 1. The van der Waals surface area contributed by atoms with Gasteiger partial charge in [0.05, 0.1) is 12.3 Å². The highest BCUT2D eigenvalue weighted by Crippen LogP contribution is 2.59. The maximum absolute atomic E-state index is 13.0. The topological polar surface area (TPSA) is 66.4 Å². The van der Waals surface area contributed by atoms with Crippen LogP contribution in [0.25, 0.3) is 0 Å². The third-order valence-electron chi connectivity index (χ3n) is 7.46. The van der Waals surface area contributed by atoms with Crippen LogP contribution < -0.4 is 5.32 Å². The van der Waals surface area contributed by atoms with Crippen LogP contribution in [0.3, 0.4) is 0 Å². The van der Waals surface area contributed by atoms with Crippen LogP contribution in [-0.2, 0) is 9.59 Å². The summed E-state index contributed by atoms with van der Waals surface area (Å²) in [6.07, 6.45) is 7.79. The van der Waals surface area contributed by atoms with Gasteiger partial charge in [0.25, 0.3) is 0 Å². The number of hydrogen-bond donors (Lipinski definition) is 2. The standard InChI is InChI=1S/C23H31NO3/c1-15(19-5-3-2-4-6-19)20(10-21(25)26)22(27)24-14-23-11-16-7-17(12-23)9-18(8-16)13-23/h2-6,15-18,20H,7-14H2,1H3,(H,24,27)(H,25,26)/t15-,16?,17?,18?,20-,23?/m1/s1. The van der Waals surface area contributed by atoms with Gasteiger partial charge in [-0.1, -0.05) is 37.3 Å². The summed E-state index contributed by atoms with van der Waals surface area (Å²) >= 11 is 0. The van der Waals surface area contributed by atoms with E-state index in [1.54, 1.807) is 0 Å². The fourth-order valence-corrected chi connectivity index (χ4v) is 6.59. The Kier molecular flexibility index (Phi) is 5.00. The smallest absolute Gasteiger partial charge is 0.304 e. The summed E-state index contributed by atoms with van der Waals surface area (Å²) < 4.78 is 0. The SMILES string of the molecule is C[C@H](c1ccccc1)[C@@H](CC(=O)O)C(=O)NCC12CC3CC(CC(C3)C1)C2. The summed E-state index contributed by atoms with van der Waals surface area (Å²) in [5.41, 5.74) is 1.29. The Bertz CT molecular complexity index is 664. The second-order valence-corrected chi connectivity index (χ2v) is 9.54. The molecule has 0 saturated heterocycles. The molecule has 0 spiro atoms. The number of carbonyl (C=O) groups excluding carboxylic acids is 1. The maximum atomic E-state index is 13.0. The first kappa shape index (κ1) is 18.5. The molecule has 5 rings (SSSR count). The van der Waals surface area contributed by atoms with Crippen LogP contribution in [-0.4, -0.2) is 23.5 Å². The second kappa shape index (κ2) is 7.29. The summed E-state index contributed by atoms with van der Waals surface area (Å²) in [4.78, 5) is 24.4. The van der Waals surface area contributed by atoms with Crippen molar-refractivity contribution in [2.45, 2.75) is 57.8 Å². The minimum Gasteiger partial charge on any atom is -0.481 e. The lowest BCUT2D eigenvalue weighted by Crippen LogP contribution is -2.52. The van der Waals surface area contributed by atoms with Crippen molar-refractivity contribution in [3.63, 3.8) is 0 Å². The van der Waals surface area contributed by atoms with Crippen molar-refractivity contribution in [1.29, 1.82) is 0 Å². The van der Waals surface area contributed by atoms with Crippen LogP contribution in [0.4, 0.5) is 0 Å². The Morgan fingerprint density at radius 1 is 1.07 bits per heavy atom. The highest BCUT2D eigenvalue weighted by Gasteiger charge is 2.50. The van der Waals surface area contributed by atoms with Gasteiger partial charge >= 0.3 is 5.97 Å². The van der Waals surface area contributed by atoms with E-state index in [1.807, 2.05) is 37.3 Å². The average molecular weight is 370 g/mol. The molecular formula is C23H31NO3. The summed E-state index contributed by atoms with van der Waals surface area (Å²) in [5.74, 6) is 0.915. The van der Waals surface area contributed by atoms with E-state index in [1.165, 1.54) is 38.5 Å². The van der Waals surface area contributed by atoms with Crippen molar-refractivity contribution in [2.24, 2.45) is 29.1 Å². The number of hydrogen-bond acceptors (Lipinski definition) is 2. The molecule has 0 aromatic heterocycles. The van der Waals surface area contributed by atoms with Crippen LogP contribution >= 0.6 is 0 Å². The minimum atomic E-state index is -0.910. The summed E-state index contributed by atoms with van der Waals surface area (Å²) in [5, 5.41) is 12.5. The molecule has 0 radical (unpaired) electrons. The largest absolute Gasteiger partial charge is 0.481 e. The zero-order chi connectivity index (χ0) is 19.0. The number of carbonyl (C=O) groups is 2.